The molecule has 0 aliphatic heterocycles. The highest BCUT2D eigenvalue weighted by molar-refractivity contribution is 6.10. The molecular formula is C23H32N2O. The Hall–Kier alpha value is -2.29. The second kappa shape index (κ2) is 9.42. The second-order valence-corrected chi connectivity index (χ2v) is 6.42. The SMILES string of the molecule is CCc1cc(N(CC)CC)ccc1C(=O)c1ccc(N(CC)CC)cc1. The number of nitrogens with zero attached hydrogens (tertiary/aromatic N) is 2. The van der Waals surface area contributed by atoms with E-state index in [0.29, 0.717) is 0 Å². The molecule has 3 nitrogen and oxygen atoms in total. The van der Waals surface area contributed by atoms with Crippen LogP contribution in [0.5, 0.6) is 0 Å². The van der Waals surface area contributed by atoms with Crippen molar-refractivity contribution in [1.82, 2.24) is 0 Å². The molecule has 0 atom stereocenters. The number of carbonyl (C=O) groups is 1. The highest BCUT2D eigenvalue weighted by Crippen LogP contribution is 2.24. The monoisotopic (exact) mass is 352 g/mol. The van der Waals surface area contributed by atoms with Crippen molar-refractivity contribution in [2.45, 2.75) is 41.0 Å². The first kappa shape index (κ1) is 20.0. The highest BCUT2D eigenvalue weighted by atomic mass is 16.1. The van der Waals surface area contributed by atoms with Gasteiger partial charge in [-0.05, 0) is 82.1 Å². The second-order valence-electron chi connectivity index (χ2n) is 6.42. The molecule has 0 fully saturated rings. The van der Waals surface area contributed by atoms with E-state index in [1.165, 1.54) is 11.4 Å². The third-order valence-electron chi connectivity index (χ3n) is 5.10. The first-order chi connectivity index (χ1) is 12.6. The Morgan fingerprint density at radius 1 is 0.731 bits per heavy atom. The Labute approximate surface area is 158 Å². The highest BCUT2D eigenvalue weighted by Gasteiger charge is 2.15. The normalized spacial score (nSPS) is 10.7. The Morgan fingerprint density at radius 2 is 1.23 bits per heavy atom. The molecule has 0 radical (unpaired) electrons. The van der Waals surface area contributed by atoms with Gasteiger partial charge in [-0.3, -0.25) is 4.79 Å². The first-order valence-corrected chi connectivity index (χ1v) is 9.86. The van der Waals surface area contributed by atoms with Gasteiger partial charge in [-0.1, -0.05) is 6.92 Å². The topological polar surface area (TPSA) is 23.6 Å². The molecule has 0 unspecified atom stereocenters. The Bertz CT molecular complexity index is 713. The van der Waals surface area contributed by atoms with E-state index in [1.807, 2.05) is 18.2 Å². The fourth-order valence-electron chi connectivity index (χ4n) is 3.45. The lowest BCUT2D eigenvalue weighted by Crippen LogP contribution is -2.22. The average Bonchev–Trinajstić information content (AvgIpc) is 2.69. The molecule has 0 saturated carbocycles. The van der Waals surface area contributed by atoms with Crippen LogP contribution in [0.25, 0.3) is 0 Å². The van der Waals surface area contributed by atoms with E-state index in [0.717, 1.165) is 49.3 Å². The summed E-state index contributed by atoms with van der Waals surface area (Å²) in [5.41, 5.74) is 5.05. The number of rotatable bonds is 9. The van der Waals surface area contributed by atoms with Crippen LogP contribution in [0.1, 0.15) is 56.1 Å². The van der Waals surface area contributed by atoms with Gasteiger partial charge in [-0.25, -0.2) is 0 Å². The third-order valence-corrected chi connectivity index (χ3v) is 5.10. The summed E-state index contributed by atoms with van der Waals surface area (Å²) >= 11 is 0. The molecule has 2 aromatic rings. The molecule has 3 heteroatoms. The predicted octanol–water partition coefficient (Wildman–Crippen LogP) is 5.17. The van der Waals surface area contributed by atoms with Crippen molar-refractivity contribution >= 4 is 17.2 Å². The van der Waals surface area contributed by atoms with Crippen LogP contribution in [0.3, 0.4) is 0 Å². The van der Waals surface area contributed by atoms with Crippen LogP contribution < -0.4 is 9.80 Å². The first-order valence-electron chi connectivity index (χ1n) is 9.86. The zero-order valence-corrected chi connectivity index (χ0v) is 16.9. The lowest BCUT2D eigenvalue weighted by atomic mass is 9.96. The molecule has 0 aliphatic rings. The molecule has 0 amide bonds. The molecular weight excluding hydrogens is 320 g/mol. The summed E-state index contributed by atoms with van der Waals surface area (Å²) < 4.78 is 0. The number of hydrogen-bond acceptors (Lipinski definition) is 3. The van der Waals surface area contributed by atoms with Gasteiger partial charge in [0.1, 0.15) is 0 Å². The standard InChI is InChI=1S/C23H32N2O/c1-6-18-17-21(25(9-4)10-5)15-16-22(18)23(26)19-11-13-20(14-12-19)24(7-2)8-3/h11-17H,6-10H2,1-5H3. The van der Waals surface area contributed by atoms with Crippen LogP contribution in [-0.4, -0.2) is 32.0 Å². The molecule has 2 rings (SSSR count). The Kier molecular flexibility index (Phi) is 7.26. The maximum absolute atomic E-state index is 13.0. The number of anilines is 2. The summed E-state index contributed by atoms with van der Waals surface area (Å²) in [7, 11) is 0. The van der Waals surface area contributed by atoms with E-state index in [4.69, 9.17) is 0 Å². The van der Waals surface area contributed by atoms with Crippen LogP contribution in [-0.2, 0) is 6.42 Å². The van der Waals surface area contributed by atoms with Gasteiger partial charge in [-0.2, -0.15) is 0 Å². The van der Waals surface area contributed by atoms with Gasteiger partial charge in [-0.15, -0.1) is 0 Å². The van der Waals surface area contributed by atoms with E-state index in [1.54, 1.807) is 0 Å². The smallest absolute Gasteiger partial charge is 0.193 e. The number of carbonyl (C=O) groups excluding carboxylic acids is 1. The molecule has 0 bridgehead atoms. The van der Waals surface area contributed by atoms with Crippen LogP contribution in [0.2, 0.25) is 0 Å². The fraction of sp³-hybridized carbons (Fsp3) is 0.435. The van der Waals surface area contributed by atoms with Gasteiger partial charge < -0.3 is 9.80 Å². The molecule has 0 heterocycles. The quantitative estimate of drug-likeness (QED) is 0.582. The molecule has 0 spiro atoms. The van der Waals surface area contributed by atoms with E-state index < -0.39 is 0 Å². The lowest BCUT2D eigenvalue weighted by Gasteiger charge is -2.23. The molecule has 140 valence electrons. The average molecular weight is 353 g/mol. The van der Waals surface area contributed by atoms with Crippen LogP contribution in [0, 0.1) is 0 Å². The zero-order chi connectivity index (χ0) is 19.1. The molecule has 26 heavy (non-hydrogen) atoms. The minimum absolute atomic E-state index is 0.110. The van der Waals surface area contributed by atoms with Gasteiger partial charge in [0.2, 0.25) is 0 Å². The largest absolute Gasteiger partial charge is 0.372 e. The number of ketones is 1. The summed E-state index contributed by atoms with van der Waals surface area (Å²) in [6, 6.07) is 14.2. The molecule has 0 aromatic heterocycles. The van der Waals surface area contributed by atoms with E-state index in [-0.39, 0.29) is 5.78 Å². The number of aryl methyl sites for hydroxylation is 1. The fourth-order valence-corrected chi connectivity index (χ4v) is 3.45. The third kappa shape index (κ3) is 4.27. The van der Waals surface area contributed by atoms with Crippen molar-refractivity contribution in [3.8, 4) is 0 Å². The maximum atomic E-state index is 13.0. The van der Waals surface area contributed by atoms with Crippen LogP contribution in [0.15, 0.2) is 42.5 Å². The van der Waals surface area contributed by atoms with E-state index in [9.17, 15) is 4.79 Å². The molecule has 2 aromatic carbocycles. The zero-order valence-electron chi connectivity index (χ0n) is 16.9. The van der Waals surface area contributed by atoms with Crippen molar-refractivity contribution in [3.05, 3.63) is 59.2 Å². The van der Waals surface area contributed by atoms with E-state index >= 15 is 0 Å². The minimum atomic E-state index is 0.110. The lowest BCUT2D eigenvalue weighted by molar-refractivity contribution is 0.103. The van der Waals surface area contributed by atoms with Crippen molar-refractivity contribution in [2.24, 2.45) is 0 Å². The summed E-state index contributed by atoms with van der Waals surface area (Å²) in [5, 5.41) is 0. The molecule has 0 N–H and O–H groups in total. The van der Waals surface area contributed by atoms with Crippen LogP contribution >= 0.6 is 0 Å². The number of benzene rings is 2. The van der Waals surface area contributed by atoms with E-state index in [2.05, 4.69) is 68.7 Å². The van der Waals surface area contributed by atoms with Crippen molar-refractivity contribution < 1.29 is 4.79 Å². The Balaban J connectivity index is 2.31. The van der Waals surface area contributed by atoms with Gasteiger partial charge in [0.05, 0.1) is 0 Å². The summed E-state index contributed by atoms with van der Waals surface area (Å²) in [4.78, 5) is 17.6. The van der Waals surface area contributed by atoms with Crippen molar-refractivity contribution in [2.75, 3.05) is 36.0 Å². The van der Waals surface area contributed by atoms with Gasteiger partial charge in [0.25, 0.3) is 0 Å². The summed E-state index contributed by atoms with van der Waals surface area (Å²) in [5.74, 6) is 0.110. The van der Waals surface area contributed by atoms with Gasteiger partial charge in [0, 0.05) is 48.7 Å². The molecule has 0 aliphatic carbocycles. The minimum Gasteiger partial charge on any atom is -0.372 e. The van der Waals surface area contributed by atoms with Crippen LogP contribution in [0.4, 0.5) is 11.4 Å². The Morgan fingerprint density at radius 3 is 1.73 bits per heavy atom. The predicted molar refractivity (Wildman–Crippen MR) is 113 cm³/mol. The van der Waals surface area contributed by atoms with Crippen molar-refractivity contribution in [1.29, 1.82) is 0 Å². The number of hydrogen-bond donors (Lipinski definition) is 0. The molecule has 0 saturated heterocycles. The summed E-state index contributed by atoms with van der Waals surface area (Å²) in [6.07, 6.45) is 0.855. The summed E-state index contributed by atoms with van der Waals surface area (Å²) in [6.45, 7) is 14.6. The maximum Gasteiger partial charge on any atom is 0.193 e. The van der Waals surface area contributed by atoms with Gasteiger partial charge >= 0.3 is 0 Å². The van der Waals surface area contributed by atoms with Gasteiger partial charge in [0.15, 0.2) is 5.78 Å². The van der Waals surface area contributed by atoms with Crippen molar-refractivity contribution in [3.63, 3.8) is 0 Å².